The Morgan fingerprint density at radius 2 is 2.14 bits per heavy atom. The van der Waals surface area contributed by atoms with E-state index in [0.29, 0.717) is 4.88 Å². The summed E-state index contributed by atoms with van der Waals surface area (Å²) in [6.45, 7) is 1.76. The van der Waals surface area contributed by atoms with Crippen molar-refractivity contribution in [3.8, 4) is 0 Å². The Morgan fingerprint density at radius 3 is 2.50 bits per heavy atom. The topological polar surface area (TPSA) is 26.0 Å². The first-order valence-corrected chi connectivity index (χ1v) is 5.54. The highest BCUT2D eigenvalue weighted by Gasteiger charge is 2.32. The van der Waals surface area contributed by atoms with Crippen LogP contribution in [0.3, 0.4) is 0 Å². The third kappa shape index (κ3) is 2.96. The summed E-state index contributed by atoms with van der Waals surface area (Å²) in [6.07, 6.45) is -5.18. The van der Waals surface area contributed by atoms with Crippen molar-refractivity contribution in [2.45, 2.75) is 25.6 Å². The van der Waals surface area contributed by atoms with Crippen LogP contribution in [0.2, 0.25) is 0 Å². The van der Waals surface area contributed by atoms with Crippen LogP contribution in [0, 0.1) is 6.92 Å². The van der Waals surface area contributed by atoms with Crippen molar-refractivity contribution >= 4 is 27.3 Å². The molecule has 1 heterocycles. The molecule has 0 bridgehead atoms. The quantitative estimate of drug-likeness (QED) is 0.880. The molecule has 0 saturated carbocycles. The van der Waals surface area contributed by atoms with Crippen molar-refractivity contribution in [1.29, 1.82) is 0 Å². The normalized spacial score (nSPS) is 14.4. The average molecular weight is 288 g/mol. The van der Waals surface area contributed by atoms with Crippen LogP contribution >= 0.6 is 27.3 Å². The first kappa shape index (κ1) is 12.0. The van der Waals surface area contributed by atoms with Crippen LogP contribution in [0.25, 0.3) is 0 Å². The summed E-state index contributed by atoms with van der Waals surface area (Å²) in [5.74, 6) is 0. The highest BCUT2D eigenvalue weighted by Crippen LogP contribution is 2.35. The first-order valence-electron chi connectivity index (χ1n) is 3.87. The second-order valence-electron chi connectivity index (χ2n) is 3.00. The van der Waals surface area contributed by atoms with E-state index in [4.69, 9.17) is 5.73 Å². The fourth-order valence-corrected chi connectivity index (χ4v) is 2.69. The van der Waals surface area contributed by atoms with Crippen molar-refractivity contribution in [3.05, 3.63) is 20.3 Å². The van der Waals surface area contributed by atoms with E-state index >= 15 is 0 Å². The number of halogens is 4. The van der Waals surface area contributed by atoms with E-state index < -0.39 is 18.6 Å². The average Bonchev–Trinajstić information content (AvgIpc) is 2.29. The lowest BCUT2D eigenvalue weighted by molar-refractivity contribution is -0.138. The van der Waals surface area contributed by atoms with Gasteiger partial charge in [-0.3, -0.25) is 0 Å². The maximum absolute atomic E-state index is 12.0. The molecule has 0 aliphatic carbocycles. The molecule has 0 spiro atoms. The Morgan fingerprint density at radius 1 is 1.57 bits per heavy atom. The molecule has 0 aromatic carbocycles. The summed E-state index contributed by atoms with van der Waals surface area (Å²) in [5, 5.41) is 1.75. The van der Waals surface area contributed by atoms with Crippen LogP contribution < -0.4 is 5.73 Å². The molecule has 80 valence electrons. The second kappa shape index (κ2) is 4.20. The molecule has 0 aliphatic rings. The lowest BCUT2D eigenvalue weighted by atomic mass is 10.1. The summed E-state index contributed by atoms with van der Waals surface area (Å²) in [5.41, 5.74) is 6.26. The molecular weight excluding hydrogens is 279 g/mol. The van der Waals surface area contributed by atoms with Gasteiger partial charge in [-0.1, -0.05) is 0 Å². The van der Waals surface area contributed by atoms with Gasteiger partial charge in [-0.05, 0) is 28.4 Å². The number of nitrogens with two attached hydrogens (primary N) is 1. The van der Waals surface area contributed by atoms with E-state index in [9.17, 15) is 13.2 Å². The summed E-state index contributed by atoms with van der Waals surface area (Å²) < 4.78 is 36.9. The third-order valence-electron chi connectivity index (χ3n) is 1.81. The van der Waals surface area contributed by atoms with E-state index in [1.165, 1.54) is 11.3 Å². The van der Waals surface area contributed by atoms with Gasteiger partial charge in [0, 0.05) is 20.8 Å². The number of rotatable bonds is 2. The monoisotopic (exact) mass is 287 g/mol. The summed E-state index contributed by atoms with van der Waals surface area (Å²) in [6, 6.07) is -0.953. The van der Waals surface area contributed by atoms with E-state index in [0.717, 1.165) is 10.0 Å². The van der Waals surface area contributed by atoms with E-state index in [2.05, 4.69) is 15.9 Å². The molecule has 14 heavy (non-hydrogen) atoms. The summed E-state index contributed by atoms with van der Waals surface area (Å²) >= 11 is 4.49. The van der Waals surface area contributed by atoms with E-state index in [1.807, 2.05) is 0 Å². The van der Waals surface area contributed by atoms with E-state index in [1.54, 1.807) is 12.3 Å². The van der Waals surface area contributed by atoms with Crippen molar-refractivity contribution < 1.29 is 13.2 Å². The van der Waals surface area contributed by atoms with E-state index in [-0.39, 0.29) is 0 Å². The van der Waals surface area contributed by atoms with Gasteiger partial charge in [-0.15, -0.1) is 11.3 Å². The van der Waals surface area contributed by atoms with Crippen LogP contribution in [-0.4, -0.2) is 6.18 Å². The third-order valence-corrected chi connectivity index (χ3v) is 4.15. The SMILES string of the molecule is Cc1c(Br)csc1[C@@H](N)CC(F)(F)F. The predicted octanol–water partition coefficient (Wildman–Crippen LogP) is 3.77. The fourth-order valence-electron chi connectivity index (χ4n) is 1.12. The molecule has 1 atom stereocenters. The Kier molecular flexibility index (Phi) is 3.60. The highest BCUT2D eigenvalue weighted by atomic mass is 79.9. The second-order valence-corrected chi connectivity index (χ2v) is 4.76. The summed E-state index contributed by atoms with van der Waals surface area (Å²) in [4.78, 5) is 0.592. The van der Waals surface area contributed by atoms with Gasteiger partial charge in [0.05, 0.1) is 6.42 Å². The molecule has 1 aromatic heterocycles. The number of hydrogen-bond acceptors (Lipinski definition) is 2. The van der Waals surface area contributed by atoms with Crippen LogP contribution in [0.1, 0.15) is 22.9 Å². The van der Waals surface area contributed by atoms with Crippen molar-refractivity contribution in [2.24, 2.45) is 5.73 Å². The lowest BCUT2D eigenvalue weighted by Gasteiger charge is -2.13. The van der Waals surface area contributed by atoms with Crippen LogP contribution in [0.15, 0.2) is 9.85 Å². The predicted molar refractivity (Wildman–Crippen MR) is 54.4 cm³/mol. The minimum atomic E-state index is -4.21. The fraction of sp³-hybridized carbons (Fsp3) is 0.500. The molecular formula is C8H9BrF3NS. The molecule has 2 N–H and O–H groups in total. The molecule has 0 aliphatic heterocycles. The number of alkyl halides is 3. The van der Waals surface area contributed by atoms with Gasteiger partial charge in [-0.2, -0.15) is 13.2 Å². The Hall–Kier alpha value is -0.0700. The van der Waals surface area contributed by atoms with Crippen LogP contribution in [-0.2, 0) is 0 Å². The smallest absolute Gasteiger partial charge is 0.323 e. The minimum absolute atomic E-state index is 0.592. The molecule has 1 aromatic rings. The van der Waals surface area contributed by atoms with Gasteiger partial charge in [0.2, 0.25) is 0 Å². The molecule has 0 fully saturated rings. The number of hydrogen-bond donors (Lipinski definition) is 1. The van der Waals surface area contributed by atoms with Crippen molar-refractivity contribution in [2.75, 3.05) is 0 Å². The van der Waals surface area contributed by atoms with Gasteiger partial charge in [-0.25, -0.2) is 0 Å². The molecule has 6 heteroatoms. The molecule has 0 saturated heterocycles. The summed E-state index contributed by atoms with van der Waals surface area (Å²) in [7, 11) is 0. The Balaban J connectivity index is 2.80. The molecule has 0 unspecified atom stereocenters. The Bertz CT molecular complexity index is 321. The maximum Gasteiger partial charge on any atom is 0.390 e. The Labute approximate surface area is 92.2 Å². The van der Waals surface area contributed by atoms with Gasteiger partial charge < -0.3 is 5.73 Å². The first-order chi connectivity index (χ1) is 6.31. The minimum Gasteiger partial charge on any atom is -0.323 e. The zero-order chi connectivity index (χ0) is 10.9. The standard InChI is InChI=1S/C8H9BrF3NS/c1-4-5(9)3-14-7(4)6(13)2-8(10,11)12/h3,6H,2,13H2,1H3/t6-/m0/s1. The zero-order valence-electron chi connectivity index (χ0n) is 7.36. The lowest BCUT2D eigenvalue weighted by Crippen LogP contribution is -2.19. The zero-order valence-corrected chi connectivity index (χ0v) is 9.76. The van der Waals surface area contributed by atoms with Crippen LogP contribution in [0.4, 0.5) is 13.2 Å². The van der Waals surface area contributed by atoms with Gasteiger partial charge in [0.15, 0.2) is 0 Å². The van der Waals surface area contributed by atoms with Crippen molar-refractivity contribution in [1.82, 2.24) is 0 Å². The molecule has 0 radical (unpaired) electrons. The number of thiophene rings is 1. The largest absolute Gasteiger partial charge is 0.390 e. The van der Waals surface area contributed by atoms with Crippen LogP contribution in [0.5, 0.6) is 0 Å². The van der Waals surface area contributed by atoms with Gasteiger partial charge in [0.1, 0.15) is 0 Å². The van der Waals surface area contributed by atoms with Gasteiger partial charge in [0.25, 0.3) is 0 Å². The van der Waals surface area contributed by atoms with Gasteiger partial charge >= 0.3 is 6.18 Å². The molecule has 1 nitrogen and oxygen atoms in total. The maximum atomic E-state index is 12.0. The molecule has 0 amide bonds. The van der Waals surface area contributed by atoms with Crippen molar-refractivity contribution in [3.63, 3.8) is 0 Å². The highest BCUT2D eigenvalue weighted by molar-refractivity contribution is 9.10. The molecule has 1 rings (SSSR count).